The zero-order valence-electron chi connectivity index (χ0n) is 12.6. The highest BCUT2D eigenvalue weighted by Gasteiger charge is 2.31. The van der Waals surface area contributed by atoms with Gasteiger partial charge in [-0.05, 0) is 33.4 Å². The van der Waals surface area contributed by atoms with Gasteiger partial charge in [0.1, 0.15) is 0 Å². The fourth-order valence-corrected chi connectivity index (χ4v) is 3.02. The van der Waals surface area contributed by atoms with E-state index in [9.17, 15) is 0 Å². The van der Waals surface area contributed by atoms with Crippen LogP contribution in [0.5, 0.6) is 0 Å². The highest BCUT2D eigenvalue weighted by atomic mass is 15.3. The summed E-state index contributed by atoms with van der Waals surface area (Å²) < 4.78 is 0. The summed E-state index contributed by atoms with van der Waals surface area (Å²) in [6.45, 7) is 9.83. The van der Waals surface area contributed by atoms with E-state index in [1.807, 2.05) is 6.07 Å². The highest BCUT2D eigenvalue weighted by molar-refractivity contribution is 5.23. The number of hydrogen-bond donors (Lipinski definition) is 1. The molecule has 2 N–H and O–H groups in total. The smallest absolute Gasteiger partial charge is 0.0509 e. The fraction of sp³-hybridized carbons (Fsp3) is 0.625. The lowest BCUT2D eigenvalue weighted by Gasteiger charge is -2.45. The summed E-state index contributed by atoms with van der Waals surface area (Å²) >= 11 is 0. The van der Waals surface area contributed by atoms with Crippen molar-refractivity contribution in [2.24, 2.45) is 5.73 Å². The standard InChI is InChI=1S/C16H27N3/c1-13-10-19(11-14(2)18(13)4)12-16(3,17)15-8-6-5-7-9-15/h5-9,13-14H,10-12,17H2,1-4H3. The SMILES string of the molecule is CC1CN(CC(C)(N)c2ccccc2)CC(C)N1C. The Kier molecular flexibility index (Phi) is 4.29. The third-order valence-electron chi connectivity index (χ3n) is 4.42. The molecule has 1 aromatic carbocycles. The first kappa shape index (κ1) is 14.5. The molecule has 1 aliphatic heterocycles. The average Bonchev–Trinajstić information content (AvgIpc) is 2.36. The van der Waals surface area contributed by atoms with E-state index in [0.29, 0.717) is 12.1 Å². The molecule has 0 aromatic heterocycles. The summed E-state index contributed by atoms with van der Waals surface area (Å²) in [5.41, 5.74) is 7.47. The maximum absolute atomic E-state index is 6.54. The number of nitrogens with zero attached hydrogens (tertiary/aromatic N) is 2. The van der Waals surface area contributed by atoms with Crippen LogP contribution in [-0.4, -0.2) is 48.6 Å². The maximum Gasteiger partial charge on any atom is 0.0509 e. The Bertz CT molecular complexity index is 390. The van der Waals surface area contributed by atoms with Crippen LogP contribution in [0.4, 0.5) is 0 Å². The Balaban J connectivity index is 2.05. The van der Waals surface area contributed by atoms with E-state index < -0.39 is 0 Å². The average molecular weight is 261 g/mol. The van der Waals surface area contributed by atoms with Crippen LogP contribution >= 0.6 is 0 Å². The predicted octanol–water partition coefficient (Wildman–Crippen LogP) is 1.88. The van der Waals surface area contributed by atoms with Crippen molar-refractivity contribution in [3.05, 3.63) is 35.9 Å². The van der Waals surface area contributed by atoms with Crippen LogP contribution in [0.15, 0.2) is 30.3 Å². The molecule has 1 saturated heterocycles. The van der Waals surface area contributed by atoms with Crippen LogP contribution < -0.4 is 5.73 Å². The molecule has 106 valence electrons. The molecule has 0 bridgehead atoms. The number of hydrogen-bond acceptors (Lipinski definition) is 3. The van der Waals surface area contributed by atoms with Gasteiger partial charge in [-0.1, -0.05) is 30.3 Å². The van der Waals surface area contributed by atoms with E-state index in [0.717, 1.165) is 19.6 Å². The van der Waals surface area contributed by atoms with Gasteiger partial charge in [-0.3, -0.25) is 9.80 Å². The molecule has 0 amide bonds. The van der Waals surface area contributed by atoms with Gasteiger partial charge in [-0.15, -0.1) is 0 Å². The van der Waals surface area contributed by atoms with Crippen molar-refractivity contribution in [3.8, 4) is 0 Å². The molecule has 1 aromatic rings. The summed E-state index contributed by atoms with van der Waals surface area (Å²) in [4.78, 5) is 4.95. The Labute approximate surface area is 117 Å². The Morgan fingerprint density at radius 2 is 1.68 bits per heavy atom. The summed E-state index contributed by atoms with van der Waals surface area (Å²) in [5, 5.41) is 0. The monoisotopic (exact) mass is 261 g/mol. The van der Waals surface area contributed by atoms with Crippen molar-refractivity contribution >= 4 is 0 Å². The van der Waals surface area contributed by atoms with Crippen LogP contribution in [-0.2, 0) is 5.54 Å². The number of likely N-dealkylation sites (N-methyl/N-ethyl adjacent to an activating group) is 1. The normalized spacial score (nSPS) is 29.1. The lowest BCUT2D eigenvalue weighted by molar-refractivity contribution is 0.0479. The zero-order chi connectivity index (χ0) is 14.0. The van der Waals surface area contributed by atoms with Gasteiger partial charge < -0.3 is 5.73 Å². The molecule has 2 rings (SSSR count). The molecule has 3 nitrogen and oxygen atoms in total. The molecule has 3 atom stereocenters. The van der Waals surface area contributed by atoms with Crippen molar-refractivity contribution in [1.29, 1.82) is 0 Å². The van der Waals surface area contributed by atoms with E-state index in [1.165, 1.54) is 5.56 Å². The minimum Gasteiger partial charge on any atom is -0.321 e. The van der Waals surface area contributed by atoms with Crippen LogP contribution in [0, 0.1) is 0 Å². The third kappa shape index (κ3) is 3.35. The van der Waals surface area contributed by atoms with Crippen LogP contribution in [0.1, 0.15) is 26.3 Å². The number of nitrogens with two attached hydrogens (primary N) is 1. The van der Waals surface area contributed by atoms with Crippen molar-refractivity contribution in [2.45, 2.75) is 38.4 Å². The van der Waals surface area contributed by atoms with Gasteiger partial charge in [-0.25, -0.2) is 0 Å². The first-order valence-corrected chi connectivity index (χ1v) is 7.19. The molecule has 0 aliphatic carbocycles. The largest absolute Gasteiger partial charge is 0.321 e. The molecule has 0 radical (unpaired) electrons. The Morgan fingerprint density at radius 3 is 2.21 bits per heavy atom. The summed E-state index contributed by atoms with van der Waals surface area (Å²) in [6.07, 6.45) is 0. The number of benzene rings is 1. The lowest BCUT2D eigenvalue weighted by Crippen LogP contribution is -2.58. The third-order valence-corrected chi connectivity index (χ3v) is 4.42. The van der Waals surface area contributed by atoms with Gasteiger partial charge >= 0.3 is 0 Å². The van der Waals surface area contributed by atoms with Gasteiger partial charge in [0.15, 0.2) is 0 Å². The molecule has 1 aliphatic rings. The van der Waals surface area contributed by atoms with Crippen molar-refractivity contribution < 1.29 is 0 Å². The fourth-order valence-electron chi connectivity index (χ4n) is 3.02. The lowest BCUT2D eigenvalue weighted by atomic mass is 9.92. The zero-order valence-corrected chi connectivity index (χ0v) is 12.6. The van der Waals surface area contributed by atoms with E-state index in [4.69, 9.17) is 5.73 Å². The molecule has 0 spiro atoms. The minimum atomic E-state index is -0.281. The van der Waals surface area contributed by atoms with E-state index in [1.54, 1.807) is 0 Å². The summed E-state index contributed by atoms with van der Waals surface area (Å²) in [5.74, 6) is 0. The molecule has 1 heterocycles. The Hall–Kier alpha value is -0.900. The van der Waals surface area contributed by atoms with Crippen molar-refractivity contribution in [3.63, 3.8) is 0 Å². The topological polar surface area (TPSA) is 32.5 Å². The minimum absolute atomic E-state index is 0.281. The van der Waals surface area contributed by atoms with E-state index in [2.05, 4.69) is 61.9 Å². The number of rotatable bonds is 3. The molecule has 19 heavy (non-hydrogen) atoms. The van der Waals surface area contributed by atoms with E-state index in [-0.39, 0.29) is 5.54 Å². The maximum atomic E-state index is 6.54. The molecular weight excluding hydrogens is 234 g/mol. The van der Waals surface area contributed by atoms with Gasteiger partial charge in [0.2, 0.25) is 0 Å². The molecule has 3 heteroatoms. The highest BCUT2D eigenvalue weighted by Crippen LogP contribution is 2.21. The van der Waals surface area contributed by atoms with E-state index >= 15 is 0 Å². The molecule has 3 unspecified atom stereocenters. The van der Waals surface area contributed by atoms with Crippen LogP contribution in [0.2, 0.25) is 0 Å². The van der Waals surface area contributed by atoms with Gasteiger partial charge in [0.25, 0.3) is 0 Å². The van der Waals surface area contributed by atoms with Crippen LogP contribution in [0.25, 0.3) is 0 Å². The van der Waals surface area contributed by atoms with Crippen molar-refractivity contribution in [1.82, 2.24) is 9.80 Å². The van der Waals surface area contributed by atoms with Gasteiger partial charge in [0, 0.05) is 31.7 Å². The Morgan fingerprint density at radius 1 is 1.16 bits per heavy atom. The quantitative estimate of drug-likeness (QED) is 0.902. The summed E-state index contributed by atoms with van der Waals surface area (Å²) in [7, 11) is 2.21. The first-order chi connectivity index (χ1) is 8.90. The summed E-state index contributed by atoms with van der Waals surface area (Å²) in [6, 6.07) is 11.6. The van der Waals surface area contributed by atoms with Gasteiger partial charge in [-0.2, -0.15) is 0 Å². The number of piperazine rings is 1. The second kappa shape index (κ2) is 5.61. The van der Waals surface area contributed by atoms with Crippen molar-refractivity contribution in [2.75, 3.05) is 26.7 Å². The first-order valence-electron chi connectivity index (χ1n) is 7.19. The molecule has 1 fully saturated rings. The second-order valence-electron chi connectivity index (χ2n) is 6.34. The van der Waals surface area contributed by atoms with Crippen LogP contribution in [0.3, 0.4) is 0 Å². The van der Waals surface area contributed by atoms with Gasteiger partial charge in [0.05, 0.1) is 5.54 Å². The second-order valence-corrected chi connectivity index (χ2v) is 6.34. The predicted molar refractivity (Wildman–Crippen MR) is 81.1 cm³/mol. The molecular formula is C16H27N3. The molecule has 0 saturated carbocycles.